The Morgan fingerprint density at radius 3 is 2.70 bits per heavy atom. The number of hydrogen-bond donors (Lipinski definition) is 1. The Hall–Kier alpha value is -3.10. The second kappa shape index (κ2) is 7.26. The van der Waals surface area contributed by atoms with Crippen molar-refractivity contribution in [2.75, 3.05) is 13.7 Å². The molecule has 0 aliphatic carbocycles. The lowest BCUT2D eigenvalue weighted by Crippen LogP contribution is -2.22. The van der Waals surface area contributed by atoms with E-state index in [1.807, 2.05) is 30.3 Å². The molecule has 0 radical (unpaired) electrons. The highest BCUT2D eigenvalue weighted by molar-refractivity contribution is 5.84. The fraction of sp³-hybridized carbons (Fsp3) is 0.263. The molecule has 0 unspecified atom stereocenters. The summed E-state index contributed by atoms with van der Waals surface area (Å²) in [7, 11) is 1.61. The minimum atomic E-state index is -0.250. The number of ether oxygens (including phenoxy) is 1. The first kappa shape index (κ1) is 17.3. The van der Waals surface area contributed by atoms with E-state index < -0.39 is 0 Å². The van der Waals surface area contributed by atoms with E-state index in [1.54, 1.807) is 23.9 Å². The van der Waals surface area contributed by atoms with Gasteiger partial charge in [0.15, 0.2) is 11.2 Å². The van der Waals surface area contributed by atoms with E-state index in [4.69, 9.17) is 9.84 Å². The van der Waals surface area contributed by atoms with Gasteiger partial charge < -0.3 is 14.4 Å². The summed E-state index contributed by atoms with van der Waals surface area (Å²) in [6.07, 6.45) is 2.19. The standard InChI is InChI=1S/C19H19N5O3/c1-27-12-14-16(13-6-3-2-4-7-13)18-21-20-17-15(24(18)22-14)8-10-23(19(17)26)9-5-11-25/h2-4,6-8,10,25H,5,9,11-12H2,1H3. The Morgan fingerprint density at radius 2 is 1.96 bits per heavy atom. The van der Waals surface area contributed by atoms with Crippen molar-refractivity contribution in [1.82, 2.24) is 24.4 Å². The van der Waals surface area contributed by atoms with Gasteiger partial charge in [0.1, 0.15) is 5.52 Å². The van der Waals surface area contributed by atoms with E-state index in [0.29, 0.717) is 30.7 Å². The molecule has 0 fully saturated rings. The van der Waals surface area contributed by atoms with E-state index in [-0.39, 0.29) is 17.7 Å². The van der Waals surface area contributed by atoms with Crippen LogP contribution in [0.1, 0.15) is 12.1 Å². The van der Waals surface area contributed by atoms with E-state index in [9.17, 15) is 4.79 Å². The van der Waals surface area contributed by atoms with Gasteiger partial charge in [0.05, 0.1) is 17.9 Å². The molecule has 0 aliphatic heterocycles. The first-order valence-electron chi connectivity index (χ1n) is 8.67. The molecule has 0 saturated carbocycles. The van der Waals surface area contributed by atoms with Gasteiger partial charge in [0.2, 0.25) is 0 Å². The van der Waals surface area contributed by atoms with Crippen molar-refractivity contribution in [2.45, 2.75) is 19.6 Å². The van der Waals surface area contributed by atoms with Crippen molar-refractivity contribution < 1.29 is 9.84 Å². The number of rotatable bonds is 6. The molecule has 8 nitrogen and oxygen atoms in total. The molecule has 4 rings (SSSR count). The van der Waals surface area contributed by atoms with Crippen LogP contribution in [0.5, 0.6) is 0 Å². The van der Waals surface area contributed by atoms with Gasteiger partial charge in [-0.25, -0.2) is 4.52 Å². The maximum absolute atomic E-state index is 12.7. The van der Waals surface area contributed by atoms with Gasteiger partial charge in [0, 0.05) is 26.5 Å². The van der Waals surface area contributed by atoms with Crippen molar-refractivity contribution in [1.29, 1.82) is 0 Å². The van der Waals surface area contributed by atoms with E-state index >= 15 is 0 Å². The molecule has 1 aromatic carbocycles. The zero-order chi connectivity index (χ0) is 18.8. The van der Waals surface area contributed by atoms with Crippen LogP contribution in [0.25, 0.3) is 27.8 Å². The molecule has 4 aromatic rings. The van der Waals surface area contributed by atoms with E-state index in [0.717, 1.165) is 16.8 Å². The predicted octanol–water partition coefficient (Wildman–Crippen LogP) is 1.64. The summed E-state index contributed by atoms with van der Waals surface area (Å²) in [6, 6.07) is 11.6. The summed E-state index contributed by atoms with van der Waals surface area (Å²) >= 11 is 0. The van der Waals surface area contributed by atoms with Crippen LogP contribution in [0.2, 0.25) is 0 Å². The van der Waals surface area contributed by atoms with Gasteiger partial charge in [-0.3, -0.25) is 4.79 Å². The number of fused-ring (bicyclic) bond motifs is 3. The summed E-state index contributed by atoms with van der Waals surface area (Å²) in [5, 5.41) is 22.1. The van der Waals surface area contributed by atoms with Crippen LogP contribution >= 0.6 is 0 Å². The number of aryl methyl sites for hydroxylation is 1. The van der Waals surface area contributed by atoms with Crippen LogP contribution in [-0.2, 0) is 17.9 Å². The highest BCUT2D eigenvalue weighted by atomic mass is 16.5. The number of benzene rings is 1. The highest BCUT2D eigenvalue weighted by Crippen LogP contribution is 2.28. The number of aromatic nitrogens is 5. The highest BCUT2D eigenvalue weighted by Gasteiger charge is 2.19. The average molecular weight is 365 g/mol. The lowest BCUT2D eigenvalue weighted by molar-refractivity contribution is 0.181. The molecule has 0 amide bonds. The third-order valence-electron chi connectivity index (χ3n) is 4.43. The molecule has 3 heterocycles. The fourth-order valence-corrected chi connectivity index (χ4v) is 3.18. The monoisotopic (exact) mass is 365 g/mol. The third-order valence-corrected chi connectivity index (χ3v) is 4.43. The SMILES string of the molecule is COCc1nn2c(nnc3c(=O)n(CCCO)ccc32)c1-c1ccccc1. The van der Waals surface area contributed by atoms with Crippen molar-refractivity contribution in [2.24, 2.45) is 0 Å². The summed E-state index contributed by atoms with van der Waals surface area (Å²) in [6.45, 7) is 0.770. The normalized spacial score (nSPS) is 11.5. The Morgan fingerprint density at radius 1 is 1.15 bits per heavy atom. The maximum atomic E-state index is 12.7. The van der Waals surface area contributed by atoms with Crippen LogP contribution in [0.4, 0.5) is 0 Å². The largest absolute Gasteiger partial charge is 0.396 e. The van der Waals surface area contributed by atoms with Crippen LogP contribution in [0.15, 0.2) is 47.4 Å². The first-order chi connectivity index (χ1) is 13.2. The zero-order valence-corrected chi connectivity index (χ0v) is 14.9. The van der Waals surface area contributed by atoms with Crippen LogP contribution in [0, 0.1) is 0 Å². The Balaban J connectivity index is 1.98. The molecule has 1 N–H and O–H groups in total. The van der Waals surface area contributed by atoms with Gasteiger partial charge >= 0.3 is 0 Å². The van der Waals surface area contributed by atoms with Crippen molar-refractivity contribution in [3.05, 3.63) is 58.6 Å². The number of aliphatic hydroxyl groups excluding tert-OH is 1. The third kappa shape index (κ3) is 2.98. The van der Waals surface area contributed by atoms with Crippen molar-refractivity contribution in [3.63, 3.8) is 0 Å². The zero-order valence-electron chi connectivity index (χ0n) is 14.9. The number of methoxy groups -OCH3 is 1. The van der Waals surface area contributed by atoms with E-state index in [2.05, 4.69) is 15.3 Å². The van der Waals surface area contributed by atoms with Crippen molar-refractivity contribution >= 4 is 16.7 Å². The van der Waals surface area contributed by atoms with E-state index in [1.165, 1.54) is 4.57 Å². The molecule has 0 bridgehead atoms. The number of pyridine rings is 1. The molecule has 0 spiro atoms. The van der Waals surface area contributed by atoms with Crippen molar-refractivity contribution in [3.8, 4) is 11.1 Å². The molecular formula is C19H19N5O3. The number of nitrogens with zero attached hydrogens (tertiary/aromatic N) is 5. The molecule has 0 saturated heterocycles. The number of hydrogen-bond acceptors (Lipinski definition) is 6. The quantitative estimate of drug-likeness (QED) is 0.558. The Kier molecular flexibility index (Phi) is 4.66. The summed E-state index contributed by atoms with van der Waals surface area (Å²) < 4.78 is 8.48. The molecule has 8 heteroatoms. The van der Waals surface area contributed by atoms with Gasteiger partial charge in [-0.05, 0) is 18.1 Å². The molecule has 3 aromatic heterocycles. The molecule has 138 valence electrons. The topological polar surface area (TPSA) is 94.5 Å². The predicted molar refractivity (Wildman–Crippen MR) is 100 cm³/mol. The smallest absolute Gasteiger partial charge is 0.280 e. The maximum Gasteiger partial charge on any atom is 0.280 e. The second-order valence-corrected chi connectivity index (χ2v) is 6.18. The lowest BCUT2D eigenvalue weighted by Gasteiger charge is -2.06. The molecule has 0 atom stereocenters. The fourth-order valence-electron chi connectivity index (χ4n) is 3.18. The summed E-state index contributed by atoms with van der Waals surface area (Å²) in [4.78, 5) is 12.7. The van der Waals surface area contributed by atoms with Gasteiger partial charge in [-0.2, -0.15) is 5.10 Å². The minimum Gasteiger partial charge on any atom is -0.396 e. The molecule has 27 heavy (non-hydrogen) atoms. The van der Waals surface area contributed by atoms with Gasteiger partial charge in [-0.1, -0.05) is 30.3 Å². The summed E-state index contributed by atoms with van der Waals surface area (Å²) in [5.74, 6) is 0. The van der Waals surface area contributed by atoms with Gasteiger partial charge in [-0.15, -0.1) is 10.2 Å². The van der Waals surface area contributed by atoms with Crippen LogP contribution in [-0.4, -0.2) is 43.2 Å². The Labute approximate surface area is 154 Å². The van der Waals surface area contributed by atoms with Crippen LogP contribution < -0.4 is 5.56 Å². The average Bonchev–Trinajstić information content (AvgIpc) is 3.07. The minimum absolute atomic E-state index is 0.0230. The Bertz CT molecular complexity index is 1150. The van der Waals surface area contributed by atoms with Gasteiger partial charge in [0.25, 0.3) is 5.56 Å². The molecule has 0 aliphatic rings. The number of aliphatic hydroxyl groups is 1. The molecular weight excluding hydrogens is 346 g/mol. The first-order valence-corrected chi connectivity index (χ1v) is 8.67. The second-order valence-electron chi connectivity index (χ2n) is 6.18. The van der Waals surface area contributed by atoms with Crippen LogP contribution in [0.3, 0.4) is 0 Å². The summed E-state index contributed by atoms with van der Waals surface area (Å²) in [5.41, 5.74) is 3.70. The lowest BCUT2D eigenvalue weighted by atomic mass is 10.1.